The van der Waals surface area contributed by atoms with Crippen LogP contribution in [-0.2, 0) is 0 Å². The first-order valence-corrected chi connectivity index (χ1v) is 9.51. The molecule has 0 saturated carbocycles. The van der Waals surface area contributed by atoms with E-state index in [9.17, 15) is 9.59 Å². The number of aromatic nitrogens is 1. The van der Waals surface area contributed by atoms with Gasteiger partial charge in [-0.15, -0.1) is 22.7 Å². The van der Waals surface area contributed by atoms with Gasteiger partial charge in [-0.05, 0) is 52.3 Å². The molecule has 2 amide bonds. The van der Waals surface area contributed by atoms with Crippen molar-refractivity contribution in [3.63, 3.8) is 0 Å². The fourth-order valence-electron chi connectivity index (χ4n) is 1.92. The molecule has 2 aromatic heterocycles. The topological polar surface area (TPSA) is 80.3 Å². The van der Waals surface area contributed by atoms with Gasteiger partial charge in [-0.1, -0.05) is 0 Å². The average Bonchev–Trinajstić information content (AvgIpc) is 3.29. The number of nitrogens with one attached hydrogen (secondary N) is 2. The highest BCUT2D eigenvalue weighted by molar-refractivity contribution is 9.11. The summed E-state index contributed by atoms with van der Waals surface area (Å²) in [4.78, 5) is 28.8. The number of hydrazine groups is 1. The lowest BCUT2D eigenvalue weighted by atomic mass is 10.2. The van der Waals surface area contributed by atoms with Crippen LogP contribution in [0, 0.1) is 0 Å². The summed E-state index contributed by atoms with van der Waals surface area (Å²) < 4.78 is 5.96. The number of hydrogen-bond acceptors (Lipinski definition) is 6. The van der Waals surface area contributed by atoms with E-state index in [4.69, 9.17) is 4.74 Å². The van der Waals surface area contributed by atoms with Gasteiger partial charge in [0.25, 0.3) is 11.8 Å². The summed E-state index contributed by atoms with van der Waals surface area (Å²) in [5.74, 6) is -0.101. The monoisotopic (exact) mass is 437 g/mol. The van der Waals surface area contributed by atoms with Crippen LogP contribution < -0.4 is 15.6 Å². The normalized spacial score (nSPS) is 10.3. The van der Waals surface area contributed by atoms with E-state index in [-0.39, 0.29) is 11.6 Å². The molecule has 3 rings (SSSR count). The number of methoxy groups -OCH3 is 1. The van der Waals surface area contributed by atoms with Gasteiger partial charge in [0.05, 0.1) is 15.8 Å². The molecule has 0 bridgehead atoms. The molecule has 0 unspecified atom stereocenters. The molecule has 6 nitrogen and oxygen atoms in total. The number of ether oxygens (including phenoxy) is 1. The Hall–Kier alpha value is -2.23. The van der Waals surface area contributed by atoms with Crippen LogP contribution in [0.15, 0.2) is 45.6 Å². The van der Waals surface area contributed by atoms with Crippen LogP contribution in [0.25, 0.3) is 10.6 Å². The van der Waals surface area contributed by atoms with Gasteiger partial charge < -0.3 is 4.74 Å². The van der Waals surface area contributed by atoms with E-state index in [1.54, 1.807) is 24.6 Å². The second-order valence-corrected chi connectivity index (χ2v) is 8.10. The molecule has 0 aliphatic rings. The largest absolute Gasteiger partial charge is 0.497 e. The van der Waals surface area contributed by atoms with Crippen molar-refractivity contribution in [2.24, 2.45) is 0 Å². The van der Waals surface area contributed by atoms with Crippen LogP contribution in [-0.4, -0.2) is 23.9 Å². The Morgan fingerprint density at radius 3 is 2.44 bits per heavy atom. The van der Waals surface area contributed by atoms with Crippen molar-refractivity contribution in [2.45, 2.75) is 0 Å². The second-order valence-electron chi connectivity index (χ2n) is 4.78. The summed E-state index contributed by atoms with van der Waals surface area (Å²) in [5, 5.41) is 2.35. The van der Waals surface area contributed by atoms with Crippen molar-refractivity contribution >= 4 is 50.4 Å². The van der Waals surface area contributed by atoms with E-state index in [2.05, 4.69) is 31.8 Å². The highest BCUT2D eigenvalue weighted by atomic mass is 79.9. The highest BCUT2D eigenvalue weighted by Crippen LogP contribution is 2.25. The van der Waals surface area contributed by atoms with Gasteiger partial charge in [-0.2, -0.15) is 0 Å². The summed E-state index contributed by atoms with van der Waals surface area (Å²) in [6.07, 6.45) is 0. The molecule has 9 heteroatoms. The first-order chi connectivity index (χ1) is 12.1. The maximum absolute atomic E-state index is 12.1. The Morgan fingerprint density at radius 1 is 1.08 bits per heavy atom. The average molecular weight is 438 g/mol. The van der Waals surface area contributed by atoms with E-state index in [1.165, 1.54) is 22.7 Å². The number of halogens is 1. The second kappa shape index (κ2) is 7.77. The summed E-state index contributed by atoms with van der Waals surface area (Å²) in [5.41, 5.74) is 5.87. The summed E-state index contributed by atoms with van der Waals surface area (Å²) in [6.45, 7) is 0. The van der Waals surface area contributed by atoms with Crippen LogP contribution in [0.1, 0.15) is 20.2 Å². The molecule has 0 radical (unpaired) electrons. The van der Waals surface area contributed by atoms with Crippen molar-refractivity contribution in [3.8, 4) is 16.3 Å². The first-order valence-electron chi connectivity index (χ1n) is 7.03. The fraction of sp³-hybridized carbons (Fsp3) is 0.0625. The van der Waals surface area contributed by atoms with Crippen molar-refractivity contribution in [3.05, 3.63) is 56.1 Å². The summed E-state index contributed by atoms with van der Waals surface area (Å²) >= 11 is 5.91. The number of rotatable bonds is 4. The van der Waals surface area contributed by atoms with Crippen LogP contribution in [0.2, 0.25) is 0 Å². The number of carbonyl (C=O) groups is 2. The number of carbonyl (C=O) groups excluding carboxylic acids is 2. The number of benzene rings is 1. The van der Waals surface area contributed by atoms with Crippen molar-refractivity contribution in [2.75, 3.05) is 7.11 Å². The van der Waals surface area contributed by atoms with Gasteiger partial charge in [0.1, 0.15) is 16.5 Å². The van der Waals surface area contributed by atoms with Crippen molar-refractivity contribution < 1.29 is 14.3 Å². The van der Waals surface area contributed by atoms with Gasteiger partial charge in [0.15, 0.2) is 0 Å². The van der Waals surface area contributed by atoms with Gasteiger partial charge in [-0.25, -0.2) is 4.98 Å². The van der Waals surface area contributed by atoms with Crippen LogP contribution in [0.4, 0.5) is 0 Å². The number of thiazole rings is 1. The molecule has 25 heavy (non-hydrogen) atoms. The van der Waals surface area contributed by atoms with Crippen LogP contribution in [0.3, 0.4) is 0 Å². The minimum atomic E-state index is -0.472. The molecule has 128 valence electrons. The predicted molar refractivity (Wildman–Crippen MR) is 101 cm³/mol. The third kappa shape index (κ3) is 4.25. The highest BCUT2D eigenvalue weighted by Gasteiger charge is 2.14. The number of nitrogens with zero attached hydrogens (tertiary/aromatic N) is 1. The third-order valence-electron chi connectivity index (χ3n) is 3.16. The smallest absolute Gasteiger partial charge is 0.289 e. The zero-order valence-corrected chi connectivity index (χ0v) is 16.1. The molecule has 0 aliphatic carbocycles. The minimum absolute atomic E-state index is 0.239. The first kappa shape index (κ1) is 17.6. The van der Waals surface area contributed by atoms with E-state index in [1.807, 2.05) is 24.3 Å². The SMILES string of the molecule is COc1ccc(-c2nc(C(=O)NNC(=O)c3ccc(Br)s3)cs2)cc1. The quantitative estimate of drug-likeness (QED) is 0.609. The lowest BCUT2D eigenvalue weighted by Gasteiger charge is -2.04. The molecule has 2 N–H and O–H groups in total. The van der Waals surface area contributed by atoms with Crippen LogP contribution in [0.5, 0.6) is 5.75 Å². The molecular formula is C16H12BrN3O3S2. The molecule has 1 aromatic carbocycles. The Morgan fingerprint density at radius 2 is 1.80 bits per heavy atom. The summed E-state index contributed by atoms with van der Waals surface area (Å²) in [6, 6.07) is 10.8. The molecule has 3 aromatic rings. The molecule has 0 fully saturated rings. The maximum atomic E-state index is 12.1. The van der Waals surface area contributed by atoms with Gasteiger partial charge in [0, 0.05) is 10.9 Å². The summed E-state index contributed by atoms with van der Waals surface area (Å²) in [7, 11) is 1.60. The van der Waals surface area contributed by atoms with E-state index in [0.29, 0.717) is 9.88 Å². The lowest BCUT2D eigenvalue weighted by molar-refractivity contribution is 0.0846. The Kier molecular flexibility index (Phi) is 5.47. The minimum Gasteiger partial charge on any atom is -0.497 e. The zero-order chi connectivity index (χ0) is 17.8. The third-order valence-corrected chi connectivity index (χ3v) is 5.67. The number of amides is 2. The molecule has 0 saturated heterocycles. The Bertz CT molecular complexity index is 906. The molecule has 0 spiro atoms. The van der Waals surface area contributed by atoms with E-state index in [0.717, 1.165) is 15.1 Å². The van der Waals surface area contributed by atoms with E-state index < -0.39 is 5.91 Å². The van der Waals surface area contributed by atoms with Gasteiger partial charge >= 0.3 is 0 Å². The van der Waals surface area contributed by atoms with E-state index >= 15 is 0 Å². The zero-order valence-electron chi connectivity index (χ0n) is 12.9. The number of hydrogen-bond donors (Lipinski definition) is 2. The van der Waals surface area contributed by atoms with Crippen molar-refractivity contribution in [1.29, 1.82) is 0 Å². The standard InChI is InChI=1S/C16H12BrN3O3S2/c1-23-10-4-2-9(3-5-10)16-18-11(8-24-16)14(21)19-20-15(22)12-6-7-13(17)25-12/h2-8H,1H3,(H,19,21)(H,20,22). The predicted octanol–water partition coefficient (Wildman–Crippen LogP) is 3.72. The maximum Gasteiger partial charge on any atom is 0.289 e. The lowest BCUT2D eigenvalue weighted by Crippen LogP contribution is -2.41. The molecular weight excluding hydrogens is 426 g/mol. The van der Waals surface area contributed by atoms with Crippen LogP contribution >= 0.6 is 38.6 Å². The van der Waals surface area contributed by atoms with Gasteiger partial charge in [0.2, 0.25) is 0 Å². The van der Waals surface area contributed by atoms with Crippen molar-refractivity contribution in [1.82, 2.24) is 15.8 Å². The molecule has 0 aliphatic heterocycles. The number of thiophene rings is 1. The fourth-order valence-corrected chi connectivity index (χ4v) is 4.01. The Labute approximate surface area is 160 Å². The molecule has 2 heterocycles. The van der Waals surface area contributed by atoms with Gasteiger partial charge in [-0.3, -0.25) is 20.4 Å². The Balaban J connectivity index is 1.63. The molecule has 0 atom stereocenters.